The molecule has 36 heavy (non-hydrogen) atoms. The van der Waals surface area contributed by atoms with Crippen molar-refractivity contribution in [2.45, 2.75) is 30.8 Å². The molecule has 1 N–H and O–H groups in total. The second-order valence-corrected chi connectivity index (χ2v) is 11.0. The molecule has 1 aliphatic rings. The molecule has 1 saturated heterocycles. The smallest absolute Gasteiger partial charge is 0.252 e. The van der Waals surface area contributed by atoms with Gasteiger partial charge in [-0.2, -0.15) is 4.31 Å². The van der Waals surface area contributed by atoms with Crippen LogP contribution in [-0.2, 0) is 31.0 Å². The molecule has 0 radical (unpaired) electrons. The average Bonchev–Trinajstić information content (AvgIpc) is 3.12. The molecule has 0 spiro atoms. The standard InChI is InChI=1S/C25H21BrFN3O5S/c1-16(31)28-20-8-10-21(11-9-20)30-24(32)14-23(25(30)33)29(15-17-2-6-19(27)7-3-17)36(34,35)22-12-4-18(26)5-13-22/h2-13,23H,14-15H2,1H3,(H,28,31). The summed E-state index contributed by atoms with van der Waals surface area (Å²) in [6, 6.07) is 16.0. The predicted molar refractivity (Wildman–Crippen MR) is 135 cm³/mol. The molecule has 3 aromatic carbocycles. The lowest BCUT2D eigenvalue weighted by Gasteiger charge is -2.27. The fourth-order valence-electron chi connectivity index (χ4n) is 3.88. The number of carbonyl (C=O) groups excluding carboxylic acids is 3. The summed E-state index contributed by atoms with van der Waals surface area (Å²) in [4.78, 5) is 38.5. The summed E-state index contributed by atoms with van der Waals surface area (Å²) < 4.78 is 42.4. The number of imide groups is 1. The summed E-state index contributed by atoms with van der Waals surface area (Å²) >= 11 is 3.27. The number of carbonyl (C=O) groups is 3. The van der Waals surface area contributed by atoms with Crippen molar-refractivity contribution >= 4 is 55.0 Å². The highest BCUT2D eigenvalue weighted by Crippen LogP contribution is 2.31. The van der Waals surface area contributed by atoms with E-state index in [1.54, 1.807) is 24.3 Å². The largest absolute Gasteiger partial charge is 0.326 e. The first-order valence-electron chi connectivity index (χ1n) is 10.8. The molecule has 1 fully saturated rings. The van der Waals surface area contributed by atoms with E-state index < -0.39 is 33.7 Å². The second-order valence-electron chi connectivity index (χ2n) is 8.15. The van der Waals surface area contributed by atoms with Gasteiger partial charge < -0.3 is 5.32 Å². The first-order chi connectivity index (χ1) is 17.1. The Labute approximate surface area is 215 Å². The van der Waals surface area contributed by atoms with E-state index in [9.17, 15) is 27.2 Å². The molecule has 1 unspecified atom stereocenters. The highest BCUT2D eigenvalue weighted by molar-refractivity contribution is 9.10. The summed E-state index contributed by atoms with van der Waals surface area (Å²) in [5.41, 5.74) is 1.19. The number of nitrogens with one attached hydrogen (secondary N) is 1. The van der Waals surface area contributed by atoms with Crippen LogP contribution < -0.4 is 10.2 Å². The summed E-state index contributed by atoms with van der Waals surface area (Å²) in [6.07, 6.45) is -0.358. The van der Waals surface area contributed by atoms with Gasteiger partial charge in [0.05, 0.1) is 17.0 Å². The van der Waals surface area contributed by atoms with Gasteiger partial charge in [0.1, 0.15) is 11.9 Å². The molecule has 11 heteroatoms. The topological polar surface area (TPSA) is 104 Å². The summed E-state index contributed by atoms with van der Waals surface area (Å²) in [5, 5.41) is 2.60. The van der Waals surface area contributed by atoms with Crippen LogP contribution in [0.3, 0.4) is 0 Å². The van der Waals surface area contributed by atoms with Crippen molar-refractivity contribution in [2.24, 2.45) is 0 Å². The molecular formula is C25H21BrFN3O5S. The number of benzene rings is 3. The van der Waals surface area contributed by atoms with Crippen LogP contribution >= 0.6 is 15.9 Å². The maximum atomic E-state index is 13.7. The predicted octanol–water partition coefficient (Wildman–Crippen LogP) is 4.07. The third kappa shape index (κ3) is 5.38. The van der Waals surface area contributed by atoms with Gasteiger partial charge in [0, 0.05) is 23.6 Å². The molecule has 1 aliphatic heterocycles. The van der Waals surface area contributed by atoms with Gasteiger partial charge in [-0.3, -0.25) is 14.4 Å². The summed E-state index contributed by atoms with van der Waals surface area (Å²) in [5.74, 6) is -2.02. The third-order valence-corrected chi connectivity index (χ3v) is 7.99. The molecule has 4 rings (SSSR count). The minimum atomic E-state index is -4.22. The normalized spacial score (nSPS) is 16.0. The highest BCUT2D eigenvalue weighted by atomic mass is 79.9. The van der Waals surface area contributed by atoms with Crippen molar-refractivity contribution < 1.29 is 27.2 Å². The highest BCUT2D eigenvalue weighted by Gasteiger charge is 2.47. The van der Waals surface area contributed by atoms with Crippen molar-refractivity contribution in [3.63, 3.8) is 0 Å². The molecule has 3 amide bonds. The van der Waals surface area contributed by atoms with Gasteiger partial charge in [0.2, 0.25) is 21.8 Å². The van der Waals surface area contributed by atoms with Crippen molar-refractivity contribution in [3.8, 4) is 0 Å². The zero-order valence-corrected chi connectivity index (χ0v) is 21.4. The van der Waals surface area contributed by atoms with Crippen LogP contribution in [0.4, 0.5) is 15.8 Å². The number of nitrogens with zero attached hydrogens (tertiary/aromatic N) is 2. The van der Waals surface area contributed by atoms with Crippen LogP contribution in [0, 0.1) is 5.82 Å². The molecule has 0 aliphatic carbocycles. The Morgan fingerprint density at radius 2 is 1.64 bits per heavy atom. The SMILES string of the molecule is CC(=O)Nc1ccc(N2C(=O)CC(N(Cc3ccc(F)cc3)S(=O)(=O)c3ccc(Br)cc3)C2=O)cc1. The van der Waals surface area contributed by atoms with Crippen molar-refractivity contribution in [3.05, 3.63) is 88.6 Å². The number of hydrogen-bond donors (Lipinski definition) is 1. The van der Waals surface area contributed by atoms with Crippen LogP contribution in [0.25, 0.3) is 0 Å². The molecule has 8 nitrogen and oxygen atoms in total. The molecule has 0 saturated carbocycles. The quantitative estimate of drug-likeness (QED) is 0.429. The Morgan fingerprint density at radius 3 is 2.22 bits per heavy atom. The van der Waals surface area contributed by atoms with E-state index >= 15 is 0 Å². The zero-order chi connectivity index (χ0) is 26.0. The molecular weight excluding hydrogens is 553 g/mol. The molecule has 1 heterocycles. The lowest BCUT2D eigenvalue weighted by atomic mass is 10.2. The van der Waals surface area contributed by atoms with Gasteiger partial charge in [-0.1, -0.05) is 28.1 Å². The van der Waals surface area contributed by atoms with E-state index in [2.05, 4.69) is 21.2 Å². The lowest BCUT2D eigenvalue weighted by Crippen LogP contribution is -2.45. The first-order valence-corrected chi connectivity index (χ1v) is 13.1. The lowest BCUT2D eigenvalue weighted by molar-refractivity contribution is -0.122. The Hall–Kier alpha value is -3.41. The molecule has 0 aromatic heterocycles. The van der Waals surface area contributed by atoms with Crippen LogP contribution in [0.2, 0.25) is 0 Å². The maximum Gasteiger partial charge on any atom is 0.252 e. The van der Waals surface area contributed by atoms with Crippen LogP contribution in [0.15, 0.2) is 82.2 Å². The van der Waals surface area contributed by atoms with Gasteiger partial charge in [-0.15, -0.1) is 0 Å². The fraction of sp³-hybridized carbons (Fsp3) is 0.160. The Bertz CT molecular complexity index is 1410. The maximum absolute atomic E-state index is 13.7. The van der Waals surface area contributed by atoms with E-state index in [1.807, 2.05) is 0 Å². The number of rotatable bonds is 7. The fourth-order valence-corrected chi connectivity index (χ4v) is 5.72. The van der Waals surface area contributed by atoms with Crippen molar-refractivity contribution in [2.75, 3.05) is 10.2 Å². The summed E-state index contributed by atoms with van der Waals surface area (Å²) in [6.45, 7) is 1.12. The van der Waals surface area contributed by atoms with Crippen LogP contribution in [-0.4, -0.2) is 36.5 Å². The van der Waals surface area contributed by atoms with Crippen molar-refractivity contribution in [1.29, 1.82) is 0 Å². The molecule has 1 atom stereocenters. The van der Waals surface area contributed by atoms with Gasteiger partial charge in [-0.05, 0) is 66.2 Å². The second kappa shape index (κ2) is 10.3. The summed E-state index contributed by atoms with van der Waals surface area (Å²) in [7, 11) is -4.22. The van der Waals surface area contributed by atoms with Gasteiger partial charge >= 0.3 is 0 Å². The zero-order valence-electron chi connectivity index (χ0n) is 19.0. The number of amides is 3. The molecule has 3 aromatic rings. The van der Waals surface area contributed by atoms with Crippen molar-refractivity contribution in [1.82, 2.24) is 4.31 Å². The number of anilines is 2. The molecule has 0 bridgehead atoms. The van der Waals surface area contributed by atoms with E-state index in [-0.39, 0.29) is 29.5 Å². The average molecular weight is 574 g/mol. The minimum absolute atomic E-state index is 0.0498. The van der Waals surface area contributed by atoms with Crippen LogP contribution in [0.1, 0.15) is 18.9 Å². The Balaban J connectivity index is 1.70. The van der Waals surface area contributed by atoms with Gasteiger partial charge in [-0.25, -0.2) is 17.7 Å². The van der Waals surface area contributed by atoms with Gasteiger partial charge in [0.15, 0.2) is 0 Å². The van der Waals surface area contributed by atoms with Crippen LogP contribution in [0.5, 0.6) is 0 Å². The monoisotopic (exact) mass is 573 g/mol. The Morgan fingerprint density at radius 1 is 1.03 bits per heavy atom. The third-order valence-electron chi connectivity index (χ3n) is 5.59. The number of sulfonamides is 1. The Kier molecular flexibility index (Phi) is 7.34. The van der Waals surface area contributed by atoms with E-state index in [4.69, 9.17) is 0 Å². The van der Waals surface area contributed by atoms with E-state index in [0.29, 0.717) is 15.7 Å². The van der Waals surface area contributed by atoms with Gasteiger partial charge in [0.25, 0.3) is 5.91 Å². The number of hydrogen-bond acceptors (Lipinski definition) is 5. The minimum Gasteiger partial charge on any atom is -0.326 e. The molecule has 186 valence electrons. The number of halogens is 2. The van der Waals surface area contributed by atoms with E-state index in [0.717, 1.165) is 9.21 Å². The van der Waals surface area contributed by atoms with E-state index in [1.165, 1.54) is 55.5 Å². The first kappa shape index (κ1) is 25.7.